The first-order chi connectivity index (χ1) is 14.7. The largest absolute Gasteiger partial charge is 0.497 e. The molecule has 0 atom stereocenters. The quantitative estimate of drug-likeness (QED) is 0.297. The molecule has 0 aliphatic rings. The Hall–Kier alpha value is -3.38. The number of sulfonamides is 1. The Morgan fingerprint density at radius 2 is 1.74 bits per heavy atom. The summed E-state index contributed by atoms with van der Waals surface area (Å²) in [5, 5.41) is 13.8. The highest BCUT2D eigenvalue weighted by Crippen LogP contribution is 2.34. The zero-order chi connectivity index (χ0) is 23.0. The van der Waals surface area contributed by atoms with Crippen molar-refractivity contribution in [1.29, 1.82) is 0 Å². The zero-order valence-electron chi connectivity index (χ0n) is 17.2. The van der Waals surface area contributed by atoms with Crippen molar-refractivity contribution in [2.45, 2.75) is 11.8 Å². The van der Waals surface area contributed by atoms with Crippen molar-refractivity contribution in [3.63, 3.8) is 0 Å². The van der Waals surface area contributed by atoms with E-state index in [1.165, 1.54) is 44.6 Å². The molecular weight excluding hydrogens is 430 g/mol. The number of nitro benzene ring substituents is 1. The second-order valence-electron chi connectivity index (χ2n) is 6.04. The van der Waals surface area contributed by atoms with Crippen molar-refractivity contribution in [1.82, 2.24) is 10.0 Å². The van der Waals surface area contributed by atoms with Crippen molar-refractivity contribution in [3.8, 4) is 17.2 Å². The first-order valence-electron chi connectivity index (χ1n) is 9.14. The van der Waals surface area contributed by atoms with Crippen LogP contribution in [0.4, 0.5) is 5.69 Å². The van der Waals surface area contributed by atoms with Gasteiger partial charge in [-0.1, -0.05) is 0 Å². The summed E-state index contributed by atoms with van der Waals surface area (Å²) in [5.41, 5.74) is -0.691. The number of carbonyl (C=O) groups excluding carboxylic acids is 1. The first kappa shape index (κ1) is 23.9. The maximum absolute atomic E-state index is 12.5. The number of ether oxygens (including phenoxy) is 3. The fourth-order valence-corrected chi connectivity index (χ4v) is 3.64. The molecule has 0 heterocycles. The minimum Gasteiger partial charge on any atom is -0.497 e. The van der Waals surface area contributed by atoms with E-state index in [1.54, 1.807) is 6.92 Å². The van der Waals surface area contributed by atoms with E-state index in [0.29, 0.717) is 5.75 Å². The molecule has 0 saturated heterocycles. The predicted molar refractivity (Wildman–Crippen MR) is 111 cm³/mol. The highest BCUT2D eigenvalue weighted by Gasteiger charge is 2.24. The van der Waals surface area contributed by atoms with E-state index in [9.17, 15) is 23.3 Å². The fourth-order valence-electron chi connectivity index (χ4n) is 2.60. The molecule has 2 rings (SSSR count). The molecule has 2 N–H and O–H groups in total. The SMILES string of the molecule is CCOc1cc(C(=O)NCCNS(=O)(=O)c2ccc(OC)cc2)c([N+](=O)[O-])cc1OC. The lowest BCUT2D eigenvalue weighted by Gasteiger charge is -2.12. The van der Waals surface area contributed by atoms with Crippen LogP contribution in [0.1, 0.15) is 17.3 Å². The molecule has 11 nitrogen and oxygen atoms in total. The van der Waals surface area contributed by atoms with Gasteiger partial charge in [0.2, 0.25) is 10.0 Å². The topological polar surface area (TPSA) is 146 Å². The van der Waals surface area contributed by atoms with Crippen molar-refractivity contribution in [2.24, 2.45) is 0 Å². The highest BCUT2D eigenvalue weighted by molar-refractivity contribution is 7.89. The van der Waals surface area contributed by atoms with Gasteiger partial charge in [0.05, 0.1) is 36.7 Å². The van der Waals surface area contributed by atoms with Crippen LogP contribution in [0.2, 0.25) is 0 Å². The van der Waals surface area contributed by atoms with Gasteiger partial charge in [0.15, 0.2) is 11.5 Å². The van der Waals surface area contributed by atoms with Gasteiger partial charge < -0.3 is 19.5 Å². The van der Waals surface area contributed by atoms with Gasteiger partial charge in [-0.05, 0) is 31.2 Å². The lowest BCUT2D eigenvalue weighted by atomic mass is 10.1. The first-order valence-corrected chi connectivity index (χ1v) is 10.6. The summed E-state index contributed by atoms with van der Waals surface area (Å²) in [7, 11) is -0.997. The molecule has 0 aliphatic heterocycles. The summed E-state index contributed by atoms with van der Waals surface area (Å²) in [6, 6.07) is 8.11. The van der Waals surface area contributed by atoms with Gasteiger partial charge in [-0.15, -0.1) is 0 Å². The molecule has 0 saturated carbocycles. The number of hydrogen-bond donors (Lipinski definition) is 2. The van der Waals surface area contributed by atoms with Crippen LogP contribution in [0.5, 0.6) is 17.2 Å². The maximum atomic E-state index is 12.5. The summed E-state index contributed by atoms with van der Waals surface area (Å²) in [6.07, 6.45) is 0. The third-order valence-corrected chi connectivity index (χ3v) is 5.57. The van der Waals surface area contributed by atoms with Gasteiger partial charge in [0.1, 0.15) is 11.3 Å². The molecule has 31 heavy (non-hydrogen) atoms. The molecule has 168 valence electrons. The number of rotatable bonds is 11. The summed E-state index contributed by atoms with van der Waals surface area (Å²) in [5.74, 6) is 0.0657. The van der Waals surface area contributed by atoms with E-state index in [2.05, 4.69) is 10.0 Å². The van der Waals surface area contributed by atoms with E-state index in [0.717, 1.165) is 6.07 Å². The molecule has 1 amide bonds. The molecule has 12 heteroatoms. The van der Waals surface area contributed by atoms with Gasteiger partial charge >= 0.3 is 0 Å². The Balaban J connectivity index is 2.06. The van der Waals surface area contributed by atoms with E-state index in [4.69, 9.17) is 14.2 Å². The van der Waals surface area contributed by atoms with Crippen molar-refractivity contribution in [2.75, 3.05) is 33.9 Å². The van der Waals surface area contributed by atoms with Gasteiger partial charge in [-0.2, -0.15) is 0 Å². The summed E-state index contributed by atoms with van der Waals surface area (Å²) in [4.78, 5) is 23.2. The van der Waals surface area contributed by atoms with E-state index in [-0.39, 0.29) is 41.7 Å². The van der Waals surface area contributed by atoms with Crippen LogP contribution in [-0.4, -0.2) is 53.2 Å². The second-order valence-corrected chi connectivity index (χ2v) is 7.81. The van der Waals surface area contributed by atoms with Gasteiger partial charge in [-0.25, -0.2) is 13.1 Å². The van der Waals surface area contributed by atoms with Crippen LogP contribution >= 0.6 is 0 Å². The molecule has 0 radical (unpaired) electrons. The zero-order valence-corrected chi connectivity index (χ0v) is 18.0. The number of nitrogens with one attached hydrogen (secondary N) is 2. The normalized spacial score (nSPS) is 10.9. The van der Waals surface area contributed by atoms with Gasteiger partial charge in [0.25, 0.3) is 11.6 Å². The number of benzene rings is 2. The lowest BCUT2D eigenvalue weighted by Crippen LogP contribution is -2.35. The van der Waals surface area contributed by atoms with Crippen molar-refractivity contribution >= 4 is 21.6 Å². The molecular formula is C19H23N3O8S. The molecule has 0 bridgehead atoms. The van der Waals surface area contributed by atoms with Gasteiger partial charge in [0, 0.05) is 19.2 Å². The van der Waals surface area contributed by atoms with E-state index in [1.807, 2.05) is 0 Å². The molecule has 0 unspecified atom stereocenters. The molecule has 0 fully saturated rings. The number of nitrogens with zero attached hydrogens (tertiary/aromatic N) is 1. The predicted octanol–water partition coefficient (Wildman–Crippen LogP) is 1.72. The molecule has 2 aromatic carbocycles. The lowest BCUT2D eigenvalue weighted by molar-refractivity contribution is -0.385. The minimum absolute atomic E-state index is 0.0341. The van der Waals surface area contributed by atoms with Crippen LogP contribution in [0, 0.1) is 10.1 Å². The van der Waals surface area contributed by atoms with Crippen LogP contribution in [0.15, 0.2) is 41.3 Å². The molecule has 0 aromatic heterocycles. The summed E-state index contributed by atoms with van der Waals surface area (Å²) < 4.78 is 42.3. The van der Waals surface area contributed by atoms with Crippen LogP contribution in [-0.2, 0) is 10.0 Å². The van der Waals surface area contributed by atoms with E-state index < -0.39 is 26.5 Å². The average Bonchev–Trinajstić information content (AvgIpc) is 2.76. The average molecular weight is 453 g/mol. The van der Waals surface area contributed by atoms with Crippen LogP contribution in [0.3, 0.4) is 0 Å². The number of nitro groups is 1. The maximum Gasteiger partial charge on any atom is 0.286 e. The summed E-state index contributed by atoms with van der Waals surface area (Å²) in [6.45, 7) is 1.77. The number of methoxy groups -OCH3 is 2. The Bertz CT molecular complexity index is 1040. The fraction of sp³-hybridized carbons (Fsp3) is 0.316. The van der Waals surface area contributed by atoms with Crippen LogP contribution < -0.4 is 24.2 Å². The van der Waals surface area contributed by atoms with Crippen LogP contribution in [0.25, 0.3) is 0 Å². The number of carbonyl (C=O) groups is 1. The van der Waals surface area contributed by atoms with Crippen molar-refractivity contribution < 1.29 is 32.3 Å². The Labute approximate surface area is 179 Å². The summed E-state index contributed by atoms with van der Waals surface area (Å²) >= 11 is 0. The Morgan fingerprint density at radius 3 is 2.29 bits per heavy atom. The molecule has 2 aromatic rings. The van der Waals surface area contributed by atoms with Gasteiger partial charge in [-0.3, -0.25) is 14.9 Å². The smallest absolute Gasteiger partial charge is 0.286 e. The minimum atomic E-state index is -3.79. The number of amides is 1. The van der Waals surface area contributed by atoms with E-state index >= 15 is 0 Å². The molecule has 0 spiro atoms. The third kappa shape index (κ3) is 6.06. The highest BCUT2D eigenvalue weighted by atomic mass is 32.2. The second kappa shape index (κ2) is 10.6. The standard InChI is InChI=1S/C19H23N3O8S/c1-4-30-18-11-15(16(22(24)25)12-17(18)29-3)19(23)20-9-10-21-31(26,27)14-7-5-13(28-2)6-8-14/h5-8,11-12,21H,4,9-10H2,1-3H3,(H,20,23). The number of hydrogen-bond acceptors (Lipinski definition) is 8. The monoisotopic (exact) mass is 453 g/mol. The molecule has 0 aliphatic carbocycles. The Kier molecular flexibility index (Phi) is 8.16. The third-order valence-electron chi connectivity index (χ3n) is 4.10. The van der Waals surface area contributed by atoms with Crippen molar-refractivity contribution in [3.05, 3.63) is 52.1 Å². The Morgan fingerprint density at radius 1 is 1.06 bits per heavy atom.